The lowest BCUT2D eigenvalue weighted by Gasteiger charge is -2.31. The second kappa shape index (κ2) is 8.24. The normalized spacial score (nSPS) is 19.3. The van der Waals surface area contributed by atoms with Gasteiger partial charge in [-0.2, -0.15) is 0 Å². The van der Waals surface area contributed by atoms with Crippen LogP contribution in [0, 0.1) is 0 Å². The van der Waals surface area contributed by atoms with Crippen LogP contribution in [0.5, 0.6) is 5.75 Å². The van der Waals surface area contributed by atoms with Crippen LogP contribution >= 0.6 is 0 Å². The van der Waals surface area contributed by atoms with Crippen molar-refractivity contribution >= 4 is 11.0 Å². The Balaban J connectivity index is 1.67. The summed E-state index contributed by atoms with van der Waals surface area (Å²) in [6.07, 6.45) is 7.80. The molecule has 1 aliphatic carbocycles. The lowest BCUT2D eigenvalue weighted by molar-refractivity contribution is 0.0122. The molecule has 0 bridgehead atoms. The van der Waals surface area contributed by atoms with Crippen LogP contribution in [0.4, 0.5) is 0 Å². The Bertz CT molecular complexity index is 671. The molecule has 2 N–H and O–H groups in total. The number of para-hydroxylation sites is 1. The van der Waals surface area contributed by atoms with Crippen molar-refractivity contribution in [1.29, 1.82) is 0 Å². The lowest BCUT2D eigenvalue weighted by Crippen LogP contribution is -2.41. The molecule has 0 amide bonds. The quantitative estimate of drug-likeness (QED) is 0.777. The summed E-state index contributed by atoms with van der Waals surface area (Å²) in [6, 6.07) is 8.09. The average Bonchev–Trinajstić information content (AvgIpc) is 3.02. The molecule has 1 heterocycles. The number of aliphatic hydroxyl groups is 1. The largest absolute Gasteiger partial charge is 0.490 e. The highest BCUT2D eigenvalue weighted by Gasteiger charge is 2.28. The van der Waals surface area contributed by atoms with E-state index in [4.69, 9.17) is 9.15 Å². The molecule has 4 nitrogen and oxygen atoms in total. The maximum atomic E-state index is 10.9. The molecule has 0 saturated heterocycles. The zero-order valence-corrected chi connectivity index (χ0v) is 15.5. The summed E-state index contributed by atoms with van der Waals surface area (Å²) < 4.78 is 11.7. The third-order valence-electron chi connectivity index (χ3n) is 5.28. The molecule has 1 unspecified atom stereocenters. The highest BCUT2D eigenvalue weighted by atomic mass is 16.5. The van der Waals surface area contributed by atoms with Gasteiger partial charge in [0.1, 0.15) is 5.76 Å². The van der Waals surface area contributed by atoms with Gasteiger partial charge in [-0.3, -0.25) is 0 Å². The summed E-state index contributed by atoms with van der Waals surface area (Å²) >= 11 is 0. The highest BCUT2D eigenvalue weighted by molar-refractivity contribution is 5.83. The van der Waals surface area contributed by atoms with Crippen LogP contribution in [0.3, 0.4) is 0 Å². The third kappa shape index (κ3) is 4.56. The summed E-state index contributed by atoms with van der Waals surface area (Å²) in [7, 11) is 0. The number of hydrogen-bond acceptors (Lipinski definition) is 4. The van der Waals surface area contributed by atoms with Gasteiger partial charge in [-0.05, 0) is 38.8 Å². The molecule has 1 aliphatic rings. The molecule has 138 valence electrons. The van der Waals surface area contributed by atoms with Crippen LogP contribution in [0.25, 0.3) is 11.0 Å². The van der Waals surface area contributed by atoms with Crippen molar-refractivity contribution in [3.63, 3.8) is 0 Å². The number of benzene rings is 1. The van der Waals surface area contributed by atoms with Crippen molar-refractivity contribution < 1.29 is 14.3 Å². The van der Waals surface area contributed by atoms with Crippen molar-refractivity contribution in [3.8, 4) is 5.75 Å². The maximum absolute atomic E-state index is 10.9. The Kier molecular flexibility index (Phi) is 6.02. The van der Waals surface area contributed by atoms with Gasteiger partial charge in [0.2, 0.25) is 0 Å². The topological polar surface area (TPSA) is 54.6 Å². The molecule has 1 saturated carbocycles. The smallest absolute Gasteiger partial charge is 0.176 e. The van der Waals surface area contributed by atoms with Crippen LogP contribution < -0.4 is 10.1 Å². The molecule has 4 heteroatoms. The predicted octanol–water partition coefficient (Wildman–Crippen LogP) is 4.96. The minimum Gasteiger partial charge on any atom is -0.490 e. The van der Waals surface area contributed by atoms with Crippen molar-refractivity contribution in [2.75, 3.05) is 13.2 Å². The zero-order valence-electron chi connectivity index (χ0n) is 15.5. The van der Waals surface area contributed by atoms with Gasteiger partial charge in [-0.25, -0.2) is 0 Å². The van der Waals surface area contributed by atoms with Crippen LogP contribution in [0.1, 0.15) is 70.6 Å². The minimum absolute atomic E-state index is 0.0522. The average molecular weight is 345 g/mol. The number of furan rings is 1. The molecule has 2 aromatic rings. The first-order valence-corrected chi connectivity index (χ1v) is 9.72. The van der Waals surface area contributed by atoms with E-state index >= 15 is 0 Å². The molecule has 1 atom stereocenters. The van der Waals surface area contributed by atoms with E-state index in [-0.39, 0.29) is 6.04 Å². The Morgan fingerprint density at radius 2 is 1.92 bits per heavy atom. The fourth-order valence-corrected chi connectivity index (χ4v) is 3.72. The molecule has 1 aromatic carbocycles. The maximum Gasteiger partial charge on any atom is 0.176 e. The fraction of sp³-hybridized carbons (Fsp3) is 0.619. The lowest BCUT2D eigenvalue weighted by atomic mass is 9.87. The third-order valence-corrected chi connectivity index (χ3v) is 5.28. The Morgan fingerprint density at radius 1 is 1.20 bits per heavy atom. The SMILES string of the molecule is CCOc1cccc2cc(C(C)NCC3(O)CCCCCCC3)oc12. The van der Waals surface area contributed by atoms with Crippen LogP contribution in [0.2, 0.25) is 0 Å². The highest BCUT2D eigenvalue weighted by Crippen LogP contribution is 2.32. The second-order valence-corrected chi connectivity index (χ2v) is 7.35. The number of hydrogen-bond donors (Lipinski definition) is 2. The summed E-state index contributed by atoms with van der Waals surface area (Å²) in [5.41, 5.74) is 0.217. The first-order valence-electron chi connectivity index (χ1n) is 9.72. The minimum atomic E-state index is -0.586. The van der Waals surface area contributed by atoms with Crippen LogP contribution in [-0.4, -0.2) is 23.9 Å². The van der Waals surface area contributed by atoms with E-state index < -0.39 is 5.60 Å². The van der Waals surface area contributed by atoms with E-state index in [1.54, 1.807) is 0 Å². The molecular formula is C21H31NO3. The molecule has 0 spiro atoms. The van der Waals surface area contributed by atoms with Gasteiger partial charge in [0.05, 0.1) is 18.2 Å². The standard InChI is InChI=1S/C21H31NO3/c1-3-24-18-11-9-10-17-14-19(25-20(17)18)16(2)22-15-21(23)12-7-5-4-6-8-13-21/h9-11,14,16,22-23H,3-8,12-13,15H2,1-2H3. The van der Waals surface area contributed by atoms with Crippen molar-refractivity contribution in [3.05, 3.63) is 30.0 Å². The number of nitrogens with one attached hydrogen (secondary N) is 1. The second-order valence-electron chi connectivity index (χ2n) is 7.35. The van der Waals surface area contributed by atoms with E-state index in [0.29, 0.717) is 13.2 Å². The zero-order chi connectivity index (χ0) is 17.7. The van der Waals surface area contributed by atoms with Gasteiger partial charge in [0, 0.05) is 11.9 Å². The predicted molar refractivity (Wildman–Crippen MR) is 101 cm³/mol. The summed E-state index contributed by atoms with van der Waals surface area (Å²) in [5.74, 6) is 1.67. The fourth-order valence-electron chi connectivity index (χ4n) is 3.72. The molecular weight excluding hydrogens is 314 g/mol. The molecule has 25 heavy (non-hydrogen) atoms. The molecule has 0 radical (unpaired) electrons. The summed E-state index contributed by atoms with van der Waals surface area (Å²) in [4.78, 5) is 0. The van der Waals surface area contributed by atoms with Gasteiger partial charge in [-0.1, -0.05) is 44.2 Å². The molecule has 1 aromatic heterocycles. The van der Waals surface area contributed by atoms with Crippen LogP contribution in [0.15, 0.2) is 28.7 Å². The van der Waals surface area contributed by atoms with E-state index in [0.717, 1.165) is 48.2 Å². The summed E-state index contributed by atoms with van der Waals surface area (Å²) in [5, 5.41) is 15.5. The summed E-state index contributed by atoms with van der Waals surface area (Å²) in [6.45, 7) is 5.30. The Labute approximate surface area is 150 Å². The van der Waals surface area contributed by atoms with Gasteiger partial charge in [0.15, 0.2) is 11.3 Å². The monoisotopic (exact) mass is 345 g/mol. The number of fused-ring (bicyclic) bond motifs is 1. The Morgan fingerprint density at radius 3 is 2.64 bits per heavy atom. The first-order chi connectivity index (χ1) is 12.1. The van der Waals surface area contributed by atoms with E-state index in [2.05, 4.69) is 18.3 Å². The van der Waals surface area contributed by atoms with E-state index in [9.17, 15) is 5.11 Å². The van der Waals surface area contributed by atoms with Crippen LogP contribution in [-0.2, 0) is 0 Å². The van der Waals surface area contributed by atoms with Crippen molar-refractivity contribution in [1.82, 2.24) is 5.32 Å². The number of rotatable bonds is 6. The van der Waals surface area contributed by atoms with Gasteiger partial charge < -0.3 is 19.6 Å². The van der Waals surface area contributed by atoms with Gasteiger partial charge in [0.25, 0.3) is 0 Å². The Hall–Kier alpha value is -1.52. The van der Waals surface area contributed by atoms with Crippen molar-refractivity contribution in [2.45, 2.75) is 70.4 Å². The molecule has 0 aliphatic heterocycles. The molecule has 1 fully saturated rings. The van der Waals surface area contributed by atoms with Gasteiger partial charge >= 0.3 is 0 Å². The van der Waals surface area contributed by atoms with E-state index in [1.807, 2.05) is 25.1 Å². The van der Waals surface area contributed by atoms with Crippen molar-refractivity contribution in [2.24, 2.45) is 0 Å². The van der Waals surface area contributed by atoms with Gasteiger partial charge in [-0.15, -0.1) is 0 Å². The molecule has 3 rings (SSSR count). The first kappa shape index (κ1) is 18.3. The number of ether oxygens (including phenoxy) is 1. The van der Waals surface area contributed by atoms with E-state index in [1.165, 1.54) is 19.3 Å².